The van der Waals surface area contributed by atoms with Gasteiger partial charge >= 0.3 is 0 Å². The quantitative estimate of drug-likeness (QED) is 0.760. The molecule has 1 N–H and O–H groups in total. The van der Waals surface area contributed by atoms with Gasteiger partial charge in [0.15, 0.2) is 0 Å². The maximum atomic E-state index is 13.9. The normalized spacial score (nSPS) is 42.5. The van der Waals surface area contributed by atoms with Crippen molar-refractivity contribution < 1.29 is 14.3 Å². The van der Waals surface area contributed by atoms with Crippen molar-refractivity contribution in [2.24, 2.45) is 11.8 Å². The Morgan fingerprint density at radius 3 is 3.07 bits per heavy atom. The average molecular weight is 405 g/mol. The summed E-state index contributed by atoms with van der Waals surface area (Å²) in [6.07, 6.45) is 4.61. The van der Waals surface area contributed by atoms with Crippen molar-refractivity contribution in [3.63, 3.8) is 0 Å². The number of hydrogen-bond donors (Lipinski definition) is 1. The van der Waals surface area contributed by atoms with E-state index in [0.717, 1.165) is 31.6 Å². The van der Waals surface area contributed by atoms with Gasteiger partial charge in [-0.3, -0.25) is 14.5 Å². The van der Waals surface area contributed by atoms with Crippen LogP contribution in [0.1, 0.15) is 31.7 Å². The van der Waals surface area contributed by atoms with Gasteiger partial charge in [-0.25, -0.2) is 0 Å². The molecule has 6 heteroatoms. The Morgan fingerprint density at radius 1 is 1.33 bits per heavy atom. The fourth-order valence-electron chi connectivity index (χ4n) is 7.97. The van der Waals surface area contributed by atoms with Crippen molar-refractivity contribution >= 4 is 17.5 Å². The van der Waals surface area contributed by atoms with Crippen LogP contribution in [0.4, 0.5) is 5.69 Å². The van der Waals surface area contributed by atoms with Crippen LogP contribution in [0.5, 0.6) is 0 Å². The molecule has 6 aliphatic rings. The zero-order valence-electron chi connectivity index (χ0n) is 17.2. The fourth-order valence-corrected chi connectivity index (χ4v) is 7.97. The third kappa shape index (κ3) is 1.85. The third-order valence-electron chi connectivity index (χ3n) is 8.97. The lowest BCUT2D eigenvalue weighted by Gasteiger charge is -2.59. The van der Waals surface area contributed by atoms with Gasteiger partial charge in [0.25, 0.3) is 5.91 Å². The van der Waals surface area contributed by atoms with Gasteiger partial charge in [-0.15, -0.1) is 0 Å². The van der Waals surface area contributed by atoms with Crippen LogP contribution in [0, 0.1) is 11.8 Å². The molecule has 5 aliphatic heterocycles. The van der Waals surface area contributed by atoms with Crippen LogP contribution in [0.3, 0.4) is 0 Å². The summed E-state index contributed by atoms with van der Waals surface area (Å²) in [5.41, 5.74) is 3.88. The molecule has 7 rings (SSSR count). The number of hydrogen-bond acceptors (Lipinski definition) is 4. The van der Waals surface area contributed by atoms with Crippen molar-refractivity contribution in [3.8, 4) is 0 Å². The molecular weight excluding hydrogens is 378 g/mol. The molecule has 2 amide bonds. The Balaban J connectivity index is 1.47. The molecule has 0 unspecified atom stereocenters. The monoisotopic (exact) mass is 405 g/mol. The summed E-state index contributed by atoms with van der Waals surface area (Å²) in [5.74, 6) is 0.581. The highest BCUT2D eigenvalue weighted by atomic mass is 16.5. The van der Waals surface area contributed by atoms with Gasteiger partial charge in [0.2, 0.25) is 5.91 Å². The fraction of sp³-hybridized carbons (Fsp3) is 0.583. The van der Waals surface area contributed by atoms with E-state index in [1.165, 1.54) is 11.1 Å². The molecule has 0 aromatic heterocycles. The summed E-state index contributed by atoms with van der Waals surface area (Å²) in [4.78, 5) is 31.1. The van der Waals surface area contributed by atoms with Gasteiger partial charge in [0.05, 0.1) is 18.8 Å². The molecule has 1 saturated carbocycles. The molecule has 1 aliphatic carbocycles. The Kier molecular flexibility index (Phi) is 3.35. The highest BCUT2D eigenvalue weighted by Gasteiger charge is 2.72. The van der Waals surface area contributed by atoms with Crippen molar-refractivity contribution in [2.45, 2.75) is 55.8 Å². The summed E-state index contributed by atoms with van der Waals surface area (Å²) in [6.45, 7) is 4.48. The van der Waals surface area contributed by atoms with Gasteiger partial charge in [-0.1, -0.05) is 36.8 Å². The van der Waals surface area contributed by atoms with E-state index in [9.17, 15) is 9.59 Å². The van der Waals surface area contributed by atoms with E-state index in [4.69, 9.17) is 4.74 Å². The molecular formula is C24H27N3O3. The van der Waals surface area contributed by atoms with Crippen LogP contribution < -0.4 is 10.2 Å². The first-order valence-electron chi connectivity index (χ1n) is 11.4. The van der Waals surface area contributed by atoms with Gasteiger partial charge in [-0.05, 0) is 36.9 Å². The number of amides is 2. The summed E-state index contributed by atoms with van der Waals surface area (Å²) in [5, 5.41) is 3.04. The lowest BCUT2D eigenvalue weighted by molar-refractivity contribution is -0.142. The molecule has 7 atom stereocenters. The molecule has 4 fully saturated rings. The van der Waals surface area contributed by atoms with Gasteiger partial charge in [0, 0.05) is 36.0 Å². The van der Waals surface area contributed by atoms with Gasteiger partial charge in [0.1, 0.15) is 6.04 Å². The largest absolute Gasteiger partial charge is 0.371 e. The van der Waals surface area contributed by atoms with Crippen LogP contribution in [0.2, 0.25) is 0 Å². The molecule has 30 heavy (non-hydrogen) atoms. The van der Waals surface area contributed by atoms with Crippen molar-refractivity contribution in [1.82, 2.24) is 10.2 Å². The van der Waals surface area contributed by atoms with E-state index >= 15 is 0 Å². The van der Waals surface area contributed by atoms with E-state index in [0.29, 0.717) is 25.0 Å². The Labute approximate surface area is 176 Å². The molecule has 5 heterocycles. The third-order valence-corrected chi connectivity index (χ3v) is 8.97. The molecule has 1 aromatic rings. The van der Waals surface area contributed by atoms with E-state index in [1.807, 2.05) is 13.0 Å². The van der Waals surface area contributed by atoms with Crippen LogP contribution in [-0.2, 0) is 19.7 Å². The molecule has 2 bridgehead atoms. The molecule has 1 aromatic carbocycles. The average Bonchev–Trinajstić information content (AvgIpc) is 3.23. The number of rotatable bonds is 2. The number of carbonyl (C=O) groups is 2. The lowest BCUT2D eigenvalue weighted by Crippen LogP contribution is -2.74. The van der Waals surface area contributed by atoms with E-state index in [1.54, 1.807) is 0 Å². The topological polar surface area (TPSA) is 61.9 Å². The van der Waals surface area contributed by atoms with Gasteiger partial charge in [-0.2, -0.15) is 0 Å². The van der Waals surface area contributed by atoms with E-state index < -0.39 is 6.04 Å². The number of ether oxygens (including phenoxy) is 1. The summed E-state index contributed by atoms with van der Waals surface area (Å²) in [6, 6.07) is 8.53. The van der Waals surface area contributed by atoms with Crippen LogP contribution in [0.25, 0.3) is 0 Å². The first-order valence-corrected chi connectivity index (χ1v) is 11.4. The highest BCUT2D eigenvalue weighted by molar-refractivity contribution is 6.04. The number of para-hydroxylation sites is 1. The molecule has 0 radical (unpaired) electrons. The zero-order chi connectivity index (χ0) is 20.2. The number of nitrogens with one attached hydrogen (secondary N) is 1. The summed E-state index contributed by atoms with van der Waals surface area (Å²) in [7, 11) is 0. The van der Waals surface area contributed by atoms with E-state index in [2.05, 4.69) is 39.4 Å². The predicted octanol–water partition coefficient (Wildman–Crippen LogP) is 1.60. The highest BCUT2D eigenvalue weighted by Crippen LogP contribution is 2.65. The Morgan fingerprint density at radius 2 is 2.20 bits per heavy atom. The maximum Gasteiger partial charge on any atom is 0.252 e. The second-order valence-electron chi connectivity index (χ2n) is 9.84. The van der Waals surface area contributed by atoms with Crippen molar-refractivity contribution in [1.29, 1.82) is 0 Å². The SMILES string of the molecule is CCC(=O)N[C@@H]1C(=O)N2c3ccccc3[C@@]34CCN5CC6=CCO[C@@H]1[C@@H]([C@H]23)[C@H]6C[C@H]54. The number of carbonyl (C=O) groups excluding carboxylic acids is 2. The van der Waals surface area contributed by atoms with Crippen LogP contribution in [-0.4, -0.2) is 60.6 Å². The smallest absolute Gasteiger partial charge is 0.252 e. The number of nitrogens with zero attached hydrogens (tertiary/aromatic N) is 2. The van der Waals surface area contributed by atoms with Gasteiger partial charge < -0.3 is 15.0 Å². The zero-order valence-corrected chi connectivity index (χ0v) is 17.2. The predicted molar refractivity (Wildman–Crippen MR) is 111 cm³/mol. The standard InChI is InChI=1S/C24H27N3O3/c1-2-18(28)25-20-21-19-14-11-17-24(8-9-26(17)12-13(14)7-10-30-21)15-5-3-4-6-16(15)27(22(19)24)23(20)29/h3-7,14,17,19-22H,2,8-12H2,1H3,(H,25,28)/t14-,17-,19-,20-,21+,22-,24+/m0/s1. The second-order valence-corrected chi connectivity index (χ2v) is 9.84. The minimum Gasteiger partial charge on any atom is -0.371 e. The first-order chi connectivity index (χ1) is 14.6. The lowest BCUT2D eigenvalue weighted by atomic mass is 9.53. The number of fused-ring (bicyclic) bond motifs is 2. The second kappa shape index (κ2) is 5.74. The van der Waals surface area contributed by atoms with Crippen LogP contribution >= 0.6 is 0 Å². The molecule has 6 nitrogen and oxygen atoms in total. The van der Waals surface area contributed by atoms with Crippen molar-refractivity contribution in [2.75, 3.05) is 24.6 Å². The minimum atomic E-state index is -0.606. The minimum absolute atomic E-state index is 0.00856. The number of benzene rings is 1. The molecule has 3 saturated heterocycles. The van der Waals surface area contributed by atoms with Crippen LogP contribution in [0.15, 0.2) is 35.9 Å². The number of anilines is 1. The van der Waals surface area contributed by atoms with Crippen molar-refractivity contribution in [3.05, 3.63) is 41.5 Å². The Hall–Kier alpha value is -2.18. The maximum absolute atomic E-state index is 13.9. The van der Waals surface area contributed by atoms with E-state index in [-0.39, 0.29) is 35.3 Å². The Bertz CT molecular complexity index is 1010. The summed E-state index contributed by atoms with van der Waals surface area (Å²) < 4.78 is 6.39. The summed E-state index contributed by atoms with van der Waals surface area (Å²) >= 11 is 0. The number of piperidine rings is 2. The molecule has 156 valence electrons. The first kappa shape index (κ1) is 17.5. The molecule has 1 spiro atoms.